The topological polar surface area (TPSA) is 84.2 Å². The summed E-state index contributed by atoms with van der Waals surface area (Å²) in [7, 11) is 0. The lowest BCUT2D eigenvalue weighted by molar-refractivity contribution is -0.138. The first-order chi connectivity index (χ1) is 13.1. The number of carbonyl (C=O) groups excluding carboxylic acids is 1. The lowest BCUT2D eigenvalue weighted by Gasteiger charge is -2.07. The molecule has 0 spiro atoms. The van der Waals surface area contributed by atoms with Crippen LogP contribution in [0.5, 0.6) is 0 Å². The van der Waals surface area contributed by atoms with Crippen molar-refractivity contribution in [3.05, 3.63) is 67.0 Å². The van der Waals surface area contributed by atoms with Gasteiger partial charge in [0, 0.05) is 34.2 Å². The van der Waals surface area contributed by atoms with Crippen molar-refractivity contribution in [3.63, 3.8) is 0 Å². The second-order valence-electron chi connectivity index (χ2n) is 6.30. The van der Waals surface area contributed by atoms with Crippen molar-refractivity contribution < 1.29 is 14.7 Å². The van der Waals surface area contributed by atoms with Gasteiger partial charge >= 0.3 is 5.97 Å². The number of benzene rings is 2. The summed E-state index contributed by atoms with van der Waals surface area (Å²) in [6.45, 7) is -0.301. The van der Waals surface area contributed by atoms with Crippen LogP contribution in [0.3, 0.4) is 0 Å². The Kier molecular flexibility index (Phi) is 4.30. The molecule has 2 N–H and O–H groups in total. The number of nitrogens with one attached hydrogen (secondary N) is 1. The van der Waals surface area contributed by atoms with Crippen LogP contribution in [-0.2, 0) is 16.1 Å². The third-order valence-corrected chi connectivity index (χ3v) is 4.45. The number of pyridine rings is 1. The standard InChI is InChI=1S/C21H17N3O3/c25-20(23-12-21(26)27)13-24-8-7-16-9-14(5-6-19(16)24)17-10-15-3-1-2-4-18(15)22-11-17/h1-11H,12-13H2,(H,23,25)(H,26,27). The van der Waals surface area contributed by atoms with E-state index in [9.17, 15) is 9.59 Å². The van der Waals surface area contributed by atoms with Gasteiger partial charge in [-0.2, -0.15) is 0 Å². The summed E-state index contributed by atoms with van der Waals surface area (Å²) in [6, 6.07) is 18.1. The summed E-state index contributed by atoms with van der Waals surface area (Å²) in [6.07, 6.45) is 3.69. The van der Waals surface area contributed by atoms with Crippen LogP contribution in [0, 0.1) is 0 Å². The van der Waals surface area contributed by atoms with Gasteiger partial charge in [-0.25, -0.2) is 0 Å². The van der Waals surface area contributed by atoms with Gasteiger partial charge in [0.15, 0.2) is 0 Å². The summed E-state index contributed by atoms with van der Waals surface area (Å²) in [5.74, 6) is -1.40. The summed E-state index contributed by atoms with van der Waals surface area (Å²) in [5, 5.41) is 13.1. The van der Waals surface area contributed by atoms with Crippen LogP contribution in [0.2, 0.25) is 0 Å². The van der Waals surface area contributed by atoms with Gasteiger partial charge in [0.25, 0.3) is 0 Å². The molecule has 0 aliphatic carbocycles. The predicted molar refractivity (Wildman–Crippen MR) is 103 cm³/mol. The van der Waals surface area contributed by atoms with E-state index in [1.165, 1.54) is 0 Å². The van der Waals surface area contributed by atoms with E-state index >= 15 is 0 Å². The highest BCUT2D eigenvalue weighted by atomic mass is 16.4. The highest BCUT2D eigenvalue weighted by molar-refractivity contribution is 5.89. The van der Waals surface area contributed by atoms with Gasteiger partial charge in [-0.05, 0) is 35.9 Å². The van der Waals surface area contributed by atoms with Crippen molar-refractivity contribution in [3.8, 4) is 11.1 Å². The van der Waals surface area contributed by atoms with E-state index in [0.29, 0.717) is 0 Å². The van der Waals surface area contributed by atoms with E-state index in [2.05, 4.69) is 22.4 Å². The molecule has 134 valence electrons. The van der Waals surface area contributed by atoms with Gasteiger partial charge in [0.05, 0.1) is 5.52 Å². The summed E-state index contributed by atoms with van der Waals surface area (Å²) >= 11 is 0. The van der Waals surface area contributed by atoms with Crippen LogP contribution in [-0.4, -0.2) is 33.1 Å². The lowest BCUT2D eigenvalue weighted by Crippen LogP contribution is -2.31. The molecule has 0 bridgehead atoms. The Balaban J connectivity index is 1.61. The molecule has 27 heavy (non-hydrogen) atoms. The monoisotopic (exact) mass is 359 g/mol. The molecule has 6 nitrogen and oxygen atoms in total. The molecule has 2 heterocycles. The van der Waals surface area contributed by atoms with Crippen LogP contribution in [0.25, 0.3) is 32.9 Å². The van der Waals surface area contributed by atoms with Crippen molar-refractivity contribution in [1.82, 2.24) is 14.9 Å². The molecule has 1 amide bonds. The quantitative estimate of drug-likeness (QED) is 0.574. The molecule has 4 rings (SSSR count). The molecule has 0 atom stereocenters. The Labute approximate surface area is 155 Å². The number of hydrogen-bond acceptors (Lipinski definition) is 3. The van der Waals surface area contributed by atoms with Crippen molar-refractivity contribution >= 4 is 33.7 Å². The molecule has 2 aromatic heterocycles. The number of amides is 1. The first kappa shape index (κ1) is 16.8. The zero-order valence-electron chi connectivity index (χ0n) is 14.4. The number of rotatable bonds is 5. The van der Waals surface area contributed by atoms with Gasteiger partial charge in [0.2, 0.25) is 5.91 Å². The molecule has 6 heteroatoms. The maximum absolute atomic E-state index is 11.9. The van der Waals surface area contributed by atoms with E-state index in [1.54, 1.807) is 4.57 Å². The Hall–Kier alpha value is -3.67. The molecule has 0 unspecified atom stereocenters. The highest BCUT2D eigenvalue weighted by Crippen LogP contribution is 2.27. The average Bonchev–Trinajstić information content (AvgIpc) is 3.08. The Morgan fingerprint density at radius 1 is 1.00 bits per heavy atom. The fourth-order valence-corrected chi connectivity index (χ4v) is 3.13. The van der Waals surface area contributed by atoms with E-state index in [0.717, 1.165) is 32.9 Å². The van der Waals surface area contributed by atoms with E-state index in [-0.39, 0.29) is 19.0 Å². The Morgan fingerprint density at radius 2 is 1.81 bits per heavy atom. The van der Waals surface area contributed by atoms with Crippen molar-refractivity contribution in [2.24, 2.45) is 0 Å². The third-order valence-electron chi connectivity index (χ3n) is 4.45. The smallest absolute Gasteiger partial charge is 0.322 e. The molecule has 4 aromatic rings. The number of aliphatic carboxylic acids is 1. The number of fused-ring (bicyclic) bond motifs is 2. The summed E-state index contributed by atoms with van der Waals surface area (Å²) < 4.78 is 1.80. The van der Waals surface area contributed by atoms with E-state index in [4.69, 9.17) is 5.11 Å². The normalized spacial score (nSPS) is 11.0. The SMILES string of the molecule is O=C(O)CNC(=O)Cn1ccc2cc(-c3cnc4ccccc4c3)ccc21. The summed E-state index contributed by atoms with van der Waals surface area (Å²) in [4.78, 5) is 26.9. The number of para-hydroxylation sites is 1. The Bertz CT molecular complexity index is 1160. The van der Waals surface area contributed by atoms with Crippen LogP contribution < -0.4 is 5.32 Å². The van der Waals surface area contributed by atoms with Crippen molar-refractivity contribution in [2.75, 3.05) is 6.54 Å². The van der Waals surface area contributed by atoms with Crippen LogP contribution >= 0.6 is 0 Å². The number of aromatic nitrogens is 2. The summed E-state index contributed by atoms with van der Waals surface area (Å²) in [5.41, 5.74) is 3.95. The number of carboxylic acid groups (broad SMARTS) is 1. The number of carboxylic acids is 1. The average molecular weight is 359 g/mol. The minimum absolute atomic E-state index is 0.0770. The number of hydrogen-bond donors (Lipinski definition) is 2. The largest absolute Gasteiger partial charge is 0.480 e. The molecule has 0 aliphatic heterocycles. The zero-order valence-corrected chi connectivity index (χ0v) is 14.4. The van der Waals surface area contributed by atoms with Gasteiger partial charge in [-0.1, -0.05) is 24.3 Å². The molecule has 0 aliphatic rings. The zero-order chi connectivity index (χ0) is 18.8. The minimum atomic E-state index is -1.06. The van der Waals surface area contributed by atoms with Crippen molar-refractivity contribution in [2.45, 2.75) is 6.54 Å². The molecular weight excluding hydrogens is 342 g/mol. The van der Waals surface area contributed by atoms with Gasteiger partial charge < -0.3 is 15.0 Å². The fourth-order valence-electron chi connectivity index (χ4n) is 3.13. The van der Waals surface area contributed by atoms with Crippen LogP contribution in [0.1, 0.15) is 0 Å². The second kappa shape index (κ2) is 6.92. The van der Waals surface area contributed by atoms with E-state index in [1.807, 2.05) is 54.9 Å². The molecule has 0 radical (unpaired) electrons. The molecule has 0 saturated carbocycles. The Morgan fingerprint density at radius 3 is 2.67 bits per heavy atom. The fraction of sp³-hybridized carbons (Fsp3) is 0.0952. The predicted octanol–water partition coefficient (Wildman–Crippen LogP) is 3.06. The maximum atomic E-state index is 11.9. The molecular formula is C21H17N3O3. The molecule has 0 fully saturated rings. The van der Waals surface area contributed by atoms with Crippen LogP contribution in [0.4, 0.5) is 0 Å². The second-order valence-corrected chi connectivity index (χ2v) is 6.30. The first-order valence-electron chi connectivity index (χ1n) is 8.53. The number of nitrogens with zero attached hydrogens (tertiary/aromatic N) is 2. The van der Waals surface area contributed by atoms with Crippen molar-refractivity contribution in [1.29, 1.82) is 0 Å². The van der Waals surface area contributed by atoms with Gasteiger partial charge in [-0.15, -0.1) is 0 Å². The van der Waals surface area contributed by atoms with Gasteiger partial charge in [0.1, 0.15) is 13.1 Å². The van der Waals surface area contributed by atoms with Crippen LogP contribution in [0.15, 0.2) is 67.0 Å². The van der Waals surface area contributed by atoms with E-state index < -0.39 is 5.97 Å². The molecule has 0 saturated heterocycles. The highest BCUT2D eigenvalue weighted by Gasteiger charge is 2.09. The number of carbonyl (C=O) groups is 2. The molecule has 2 aromatic carbocycles. The first-order valence-corrected chi connectivity index (χ1v) is 8.53. The van der Waals surface area contributed by atoms with Gasteiger partial charge in [-0.3, -0.25) is 14.6 Å². The minimum Gasteiger partial charge on any atom is -0.480 e. The lowest BCUT2D eigenvalue weighted by atomic mass is 10.0. The third kappa shape index (κ3) is 3.50. The maximum Gasteiger partial charge on any atom is 0.322 e.